The molecular weight excluding hydrogens is 338 g/mol. The van der Waals surface area contributed by atoms with Crippen LogP contribution in [-0.2, 0) is 10.0 Å². The van der Waals surface area contributed by atoms with Crippen molar-refractivity contribution < 1.29 is 13.2 Å². The van der Waals surface area contributed by atoms with Crippen LogP contribution in [0, 0.1) is 11.3 Å². The minimum atomic E-state index is -3.56. The van der Waals surface area contributed by atoms with Gasteiger partial charge < -0.3 is 5.32 Å². The van der Waals surface area contributed by atoms with Crippen molar-refractivity contribution in [3.63, 3.8) is 0 Å². The Morgan fingerprint density at radius 2 is 1.80 bits per heavy atom. The molecule has 2 rings (SSSR count). The lowest BCUT2D eigenvalue weighted by Gasteiger charge is -2.21. The Morgan fingerprint density at radius 1 is 1.16 bits per heavy atom. The van der Waals surface area contributed by atoms with Gasteiger partial charge in [0.25, 0.3) is 5.91 Å². The summed E-state index contributed by atoms with van der Waals surface area (Å²) in [6.45, 7) is 3.59. The van der Waals surface area contributed by atoms with Crippen LogP contribution in [0.2, 0.25) is 0 Å². The zero-order valence-corrected chi connectivity index (χ0v) is 15.0. The highest BCUT2D eigenvalue weighted by Gasteiger charge is 2.22. The number of amides is 1. The van der Waals surface area contributed by atoms with Crippen molar-refractivity contribution in [3.05, 3.63) is 59.7 Å². The molecule has 130 valence electrons. The largest absolute Gasteiger partial charge is 0.322 e. The Balaban J connectivity index is 2.18. The summed E-state index contributed by atoms with van der Waals surface area (Å²) >= 11 is 0. The third kappa shape index (κ3) is 4.24. The van der Waals surface area contributed by atoms with Gasteiger partial charge in [-0.15, -0.1) is 0 Å². The molecule has 0 aliphatic carbocycles. The van der Waals surface area contributed by atoms with Crippen molar-refractivity contribution in [2.75, 3.05) is 12.4 Å². The van der Waals surface area contributed by atoms with Crippen LogP contribution in [0.5, 0.6) is 0 Å². The molecule has 0 aromatic heterocycles. The lowest BCUT2D eigenvalue weighted by molar-refractivity contribution is 0.102. The van der Waals surface area contributed by atoms with E-state index < -0.39 is 10.0 Å². The Bertz CT molecular complexity index is 913. The molecule has 2 aromatic rings. The average molecular weight is 357 g/mol. The molecule has 0 atom stereocenters. The van der Waals surface area contributed by atoms with Crippen molar-refractivity contribution in [1.29, 1.82) is 5.26 Å². The van der Waals surface area contributed by atoms with Crippen LogP contribution in [0.4, 0.5) is 5.69 Å². The number of hydrogen-bond acceptors (Lipinski definition) is 4. The maximum Gasteiger partial charge on any atom is 0.255 e. The van der Waals surface area contributed by atoms with E-state index in [0.29, 0.717) is 16.8 Å². The first-order valence-corrected chi connectivity index (χ1v) is 9.09. The normalized spacial score (nSPS) is 11.4. The molecule has 0 aliphatic rings. The maximum absolute atomic E-state index is 12.4. The Labute approximate surface area is 147 Å². The SMILES string of the molecule is CC(C)N(C)S(=O)(=O)c1ccc(NC(=O)c2cccc(C#N)c2)cc1. The highest BCUT2D eigenvalue weighted by Crippen LogP contribution is 2.19. The van der Waals surface area contributed by atoms with Crippen molar-refractivity contribution >= 4 is 21.6 Å². The van der Waals surface area contributed by atoms with Gasteiger partial charge in [0, 0.05) is 24.3 Å². The number of carbonyl (C=O) groups excluding carboxylic acids is 1. The number of anilines is 1. The van der Waals surface area contributed by atoms with Crippen molar-refractivity contribution in [1.82, 2.24) is 4.31 Å². The van der Waals surface area contributed by atoms with Gasteiger partial charge in [0.2, 0.25) is 10.0 Å². The Hall–Kier alpha value is -2.69. The summed E-state index contributed by atoms with van der Waals surface area (Å²) in [5.74, 6) is -0.369. The molecule has 25 heavy (non-hydrogen) atoms. The van der Waals surface area contributed by atoms with Gasteiger partial charge in [-0.1, -0.05) is 6.07 Å². The van der Waals surface area contributed by atoms with Gasteiger partial charge in [-0.2, -0.15) is 9.57 Å². The first-order valence-electron chi connectivity index (χ1n) is 7.65. The molecular formula is C18H19N3O3S. The first kappa shape index (κ1) is 18.6. The van der Waals surface area contributed by atoms with Gasteiger partial charge in [0.1, 0.15) is 0 Å². The quantitative estimate of drug-likeness (QED) is 0.891. The number of nitrogens with one attached hydrogen (secondary N) is 1. The minimum Gasteiger partial charge on any atom is -0.322 e. The van der Waals surface area contributed by atoms with E-state index in [4.69, 9.17) is 5.26 Å². The molecule has 0 aliphatic heterocycles. The molecule has 0 spiro atoms. The Morgan fingerprint density at radius 3 is 2.36 bits per heavy atom. The van der Waals surface area contributed by atoms with E-state index >= 15 is 0 Å². The van der Waals surface area contributed by atoms with Crippen LogP contribution in [0.1, 0.15) is 29.8 Å². The number of carbonyl (C=O) groups is 1. The summed E-state index contributed by atoms with van der Waals surface area (Å²) in [4.78, 5) is 12.4. The lowest BCUT2D eigenvalue weighted by Crippen LogP contribution is -2.33. The standard InChI is InChI=1S/C18H19N3O3S/c1-13(2)21(3)25(23,24)17-9-7-16(8-10-17)20-18(22)15-6-4-5-14(11-15)12-19/h4-11,13H,1-3H3,(H,20,22). The highest BCUT2D eigenvalue weighted by molar-refractivity contribution is 7.89. The van der Waals surface area contributed by atoms with E-state index in [2.05, 4.69) is 5.32 Å². The molecule has 2 aromatic carbocycles. The third-order valence-corrected chi connectivity index (χ3v) is 5.82. The number of nitriles is 1. The van der Waals surface area contributed by atoms with Crippen LogP contribution in [-0.4, -0.2) is 31.7 Å². The van der Waals surface area contributed by atoms with Crippen molar-refractivity contribution in [3.8, 4) is 6.07 Å². The molecule has 0 unspecified atom stereocenters. The topological polar surface area (TPSA) is 90.3 Å². The average Bonchev–Trinajstić information content (AvgIpc) is 2.61. The summed E-state index contributed by atoms with van der Waals surface area (Å²) in [6.07, 6.45) is 0. The molecule has 6 nitrogen and oxygen atoms in total. The van der Waals surface area contributed by atoms with E-state index in [-0.39, 0.29) is 16.8 Å². The van der Waals surface area contributed by atoms with Gasteiger partial charge in [0.05, 0.1) is 16.5 Å². The van der Waals surface area contributed by atoms with E-state index in [1.54, 1.807) is 32.0 Å². The maximum atomic E-state index is 12.4. The van der Waals surface area contributed by atoms with E-state index in [0.717, 1.165) is 0 Å². The van der Waals surface area contributed by atoms with Crippen molar-refractivity contribution in [2.45, 2.75) is 24.8 Å². The molecule has 0 fully saturated rings. The van der Waals surface area contributed by atoms with Crippen LogP contribution in [0.3, 0.4) is 0 Å². The molecule has 0 heterocycles. The summed E-state index contributed by atoms with van der Waals surface area (Å²) in [6, 6.07) is 14.1. The second kappa shape index (κ2) is 7.47. The molecule has 0 bridgehead atoms. The van der Waals surface area contributed by atoms with Gasteiger partial charge in [-0.3, -0.25) is 4.79 Å². The smallest absolute Gasteiger partial charge is 0.255 e. The van der Waals surface area contributed by atoms with Gasteiger partial charge in [-0.05, 0) is 56.3 Å². The molecule has 0 saturated carbocycles. The fraction of sp³-hybridized carbons (Fsp3) is 0.222. The lowest BCUT2D eigenvalue weighted by atomic mass is 10.1. The van der Waals surface area contributed by atoms with E-state index in [1.807, 2.05) is 6.07 Å². The number of hydrogen-bond donors (Lipinski definition) is 1. The van der Waals surface area contributed by atoms with Gasteiger partial charge in [0.15, 0.2) is 0 Å². The highest BCUT2D eigenvalue weighted by atomic mass is 32.2. The van der Waals surface area contributed by atoms with E-state index in [9.17, 15) is 13.2 Å². The summed E-state index contributed by atoms with van der Waals surface area (Å²) in [5, 5.41) is 11.6. The van der Waals surface area contributed by atoms with Gasteiger partial charge >= 0.3 is 0 Å². The van der Waals surface area contributed by atoms with Crippen LogP contribution >= 0.6 is 0 Å². The zero-order valence-electron chi connectivity index (χ0n) is 14.2. The predicted molar refractivity (Wildman–Crippen MR) is 95.6 cm³/mol. The summed E-state index contributed by atoms with van der Waals surface area (Å²) in [5.41, 5.74) is 1.22. The number of rotatable bonds is 5. The predicted octanol–water partition coefficient (Wildman–Crippen LogP) is 2.84. The molecule has 0 radical (unpaired) electrons. The number of nitrogens with zero attached hydrogens (tertiary/aromatic N) is 2. The second-order valence-electron chi connectivity index (χ2n) is 5.79. The fourth-order valence-corrected chi connectivity index (χ4v) is 3.45. The van der Waals surface area contributed by atoms with E-state index in [1.165, 1.54) is 41.7 Å². The van der Waals surface area contributed by atoms with Crippen LogP contribution in [0.25, 0.3) is 0 Å². The molecule has 1 amide bonds. The number of sulfonamides is 1. The third-order valence-electron chi connectivity index (χ3n) is 3.77. The molecule has 7 heteroatoms. The first-order chi connectivity index (χ1) is 11.8. The Kier molecular flexibility index (Phi) is 5.57. The summed E-state index contributed by atoms with van der Waals surface area (Å²) < 4.78 is 26.1. The monoisotopic (exact) mass is 357 g/mol. The fourth-order valence-electron chi connectivity index (χ4n) is 2.09. The van der Waals surface area contributed by atoms with Crippen molar-refractivity contribution in [2.24, 2.45) is 0 Å². The summed E-state index contributed by atoms with van der Waals surface area (Å²) in [7, 11) is -2.03. The van der Waals surface area contributed by atoms with Crippen LogP contribution < -0.4 is 5.32 Å². The zero-order chi connectivity index (χ0) is 18.6. The van der Waals surface area contributed by atoms with Crippen LogP contribution in [0.15, 0.2) is 53.4 Å². The molecule has 1 N–H and O–H groups in total. The number of benzene rings is 2. The minimum absolute atomic E-state index is 0.156. The second-order valence-corrected chi connectivity index (χ2v) is 7.78. The van der Waals surface area contributed by atoms with Gasteiger partial charge in [-0.25, -0.2) is 8.42 Å². The molecule has 0 saturated heterocycles.